The van der Waals surface area contributed by atoms with Crippen molar-refractivity contribution in [2.45, 2.75) is 13.0 Å². The van der Waals surface area contributed by atoms with Gasteiger partial charge in [0.1, 0.15) is 0 Å². The Labute approximate surface area is 117 Å². The van der Waals surface area contributed by atoms with Crippen LogP contribution in [-0.4, -0.2) is 35.9 Å². The molecule has 2 rings (SSSR count). The summed E-state index contributed by atoms with van der Waals surface area (Å²) in [7, 11) is 1.79. The Morgan fingerprint density at radius 2 is 2.26 bits per heavy atom. The molecule has 0 saturated carbocycles. The third-order valence-corrected chi connectivity index (χ3v) is 3.60. The summed E-state index contributed by atoms with van der Waals surface area (Å²) in [6.07, 6.45) is 4.76. The molecule has 102 valence electrons. The Bertz CT molecular complexity index is 433. The number of guanidine groups is 1. The Morgan fingerprint density at radius 3 is 2.95 bits per heavy atom. The fraction of sp³-hybridized carbons (Fsp3) is 0.385. The Hall–Kier alpha value is -1.82. The summed E-state index contributed by atoms with van der Waals surface area (Å²) < 4.78 is 1.89. The van der Waals surface area contributed by atoms with Gasteiger partial charge in [-0.25, -0.2) is 0 Å². The molecule has 5 nitrogen and oxygen atoms in total. The highest BCUT2D eigenvalue weighted by molar-refractivity contribution is 7.09. The quantitative estimate of drug-likeness (QED) is 0.619. The second-order valence-corrected chi connectivity index (χ2v) is 5.06. The minimum Gasteiger partial charge on any atom is -0.356 e. The van der Waals surface area contributed by atoms with Crippen molar-refractivity contribution in [2.75, 3.05) is 20.1 Å². The van der Waals surface area contributed by atoms with Crippen molar-refractivity contribution in [3.63, 3.8) is 0 Å². The van der Waals surface area contributed by atoms with E-state index < -0.39 is 0 Å². The van der Waals surface area contributed by atoms with Gasteiger partial charge in [0.2, 0.25) is 0 Å². The molecular formula is C13H19N5S. The predicted molar refractivity (Wildman–Crippen MR) is 79.6 cm³/mol. The Balaban J connectivity index is 1.63. The van der Waals surface area contributed by atoms with E-state index in [2.05, 4.69) is 38.2 Å². The van der Waals surface area contributed by atoms with Gasteiger partial charge in [-0.15, -0.1) is 11.3 Å². The summed E-state index contributed by atoms with van der Waals surface area (Å²) in [5.74, 6) is 0.837. The molecule has 0 amide bonds. The van der Waals surface area contributed by atoms with Gasteiger partial charge in [-0.1, -0.05) is 6.07 Å². The Morgan fingerprint density at radius 1 is 1.37 bits per heavy atom. The van der Waals surface area contributed by atoms with Crippen molar-refractivity contribution >= 4 is 17.3 Å². The van der Waals surface area contributed by atoms with Crippen LogP contribution in [-0.2, 0) is 13.0 Å². The van der Waals surface area contributed by atoms with Crippen molar-refractivity contribution in [2.24, 2.45) is 4.99 Å². The average Bonchev–Trinajstić information content (AvgIpc) is 3.10. The average molecular weight is 277 g/mol. The molecule has 2 aromatic heterocycles. The highest BCUT2D eigenvalue weighted by atomic mass is 32.1. The molecule has 0 bridgehead atoms. The summed E-state index contributed by atoms with van der Waals surface area (Å²) >= 11 is 1.79. The molecule has 6 heteroatoms. The van der Waals surface area contributed by atoms with E-state index in [1.54, 1.807) is 24.6 Å². The lowest BCUT2D eigenvalue weighted by Crippen LogP contribution is -2.39. The van der Waals surface area contributed by atoms with Crippen LogP contribution in [0.5, 0.6) is 0 Å². The van der Waals surface area contributed by atoms with E-state index in [-0.39, 0.29) is 0 Å². The number of rotatable bonds is 6. The number of thiophene rings is 1. The van der Waals surface area contributed by atoms with Crippen LogP contribution in [0.4, 0.5) is 0 Å². The standard InChI is InChI=1S/C13H19N5S/c1-14-13(15-7-5-12-4-2-11-19-12)16-8-10-18-9-3-6-17-18/h2-4,6,9,11H,5,7-8,10H2,1H3,(H2,14,15,16). The van der Waals surface area contributed by atoms with Gasteiger partial charge in [0, 0.05) is 37.4 Å². The molecule has 0 fully saturated rings. The summed E-state index contributed by atoms with van der Waals surface area (Å²) in [6, 6.07) is 6.16. The van der Waals surface area contributed by atoms with Crippen LogP contribution in [0.3, 0.4) is 0 Å². The molecule has 0 aromatic carbocycles. The van der Waals surface area contributed by atoms with Gasteiger partial charge < -0.3 is 10.6 Å². The van der Waals surface area contributed by atoms with Crippen molar-refractivity contribution in [1.29, 1.82) is 0 Å². The van der Waals surface area contributed by atoms with Crippen LogP contribution >= 0.6 is 11.3 Å². The van der Waals surface area contributed by atoms with Crippen molar-refractivity contribution in [1.82, 2.24) is 20.4 Å². The molecule has 19 heavy (non-hydrogen) atoms. The van der Waals surface area contributed by atoms with Crippen molar-refractivity contribution in [3.8, 4) is 0 Å². The lowest BCUT2D eigenvalue weighted by atomic mass is 10.3. The zero-order valence-electron chi connectivity index (χ0n) is 11.0. The van der Waals surface area contributed by atoms with E-state index in [1.165, 1.54) is 4.88 Å². The molecule has 0 atom stereocenters. The van der Waals surface area contributed by atoms with E-state index >= 15 is 0 Å². The number of nitrogens with zero attached hydrogens (tertiary/aromatic N) is 3. The van der Waals surface area contributed by atoms with E-state index in [0.29, 0.717) is 0 Å². The second-order valence-electron chi connectivity index (χ2n) is 4.02. The maximum atomic E-state index is 4.19. The van der Waals surface area contributed by atoms with Crippen LogP contribution in [0.2, 0.25) is 0 Å². The normalized spacial score (nSPS) is 11.5. The molecule has 0 unspecified atom stereocenters. The minimum absolute atomic E-state index is 0.806. The summed E-state index contributed by atoms with van der Waals surface area (Å²) in [5.41, 5.74) is 0. The molecule has 0 aliphatic rings. The van der Waals surface area contributed by atoms with E-state index in [9.17, 15) is 0 Å². The molecule has 0 aliphatic carbocycles. The van der Waals surface area contributed by atoms with E-state index in [0.717, 1.165) is 32.0 Å². The third-order valence-electron chi connectivity index (χ3n) is 2.66. The fourth-order valence-corrected chi connectivity index (χ4v) is 2.41. The van der Waals surface area contributed by atoms with Gasteiger partial charge in [-0.3, -0.25) is 9.67 Å². The molecule has 0 spiro atoms. The molecule has 0 radical (unpaired) electrons. The van der Waals surface area contributed by atoms with Gasteiger partial charge in [-0.2, -0.15) is 5.10 Å². The summed E-state index contributed by atoms with van der Waals surface area (Å²) in [5, 5.41) is 12.8. The zero-order valence-corrected chi connectivity index (χ0v) is 11.9. The van der Waals surface area contributed by atoms with Crippen LogP contribution in [0.25, 0.3) is 0 Å². The van der Waals surface area contributed by atoms with Gasteiger partial charge in [0.15, 0.2) is 5.96 Å². The van der Waals surface area contributed by atoms with Crippen molar-refractivity contribution < 1.29 is 0 Å². The smallest absolute Gasteiger partial charge is 0.191 e. The predicted octanol–water partition coefficient (Wildman–Crippen LogP) is 1.35. The number of nitrogens with one attached hydrogen (secondary N) is 2. The third kappa shape index (κ3) is 4.75. The molecule has 2 aromatic rings. The Kier molecular flexibility index (Phi) is 5.43. The highest BCUT2D eigenvalue weighted by Gasteiger charge is 1.98. The fourth-order valence-electron chi connectivity index (χ4n) is 1.70. The first-order valence-electron chi connectivity index (χ1n) is 6.33. The maximum Gasteiger partial charge on any atom is 0.191 e. The van der Waals surface area contributed by atoms with Crippen LogP contribution in [0.1, 0.15) is 4.88 Å². The van der Waals surface area contributed by atoms with Gasteiger partial charge in [0.25, 0.3) is 0 Å². The maximum absolute atomic E-state index is 4.19. The molecule has 2 N–H and O–H groups in total. The first-order valence-corrected chi connectivity index (χ1v) is 7.21. The number of aliphatic imine (C=N–C) groups is 1. The van der Waals surface area contributed by atoms with Crippen LogP contribution in [0, 0.1) is 0 Å². The number of hydrogen-bond acceptors (Lipinski definition) is 3. The lowest BCUT2D eigenvalue weighted by molar-refractivity contribution is 0.598. The van der Waals surface area contributed by atoms with Gasteiger partial charge in [0.05, 0.1) is 6.54 Å². The molecular weight excluding hydrogens is 258 g/mol. The summed E-state index contributed by atoms with van der Waals surface area (Å²) in [4.78, 5) is 5.58. The molecule has 0 saturated heterocycles. The number of hydrogen-bond donors (Lipinski definition) is 2. The van der Waals surface area contributed by atoms with Gasteiger partial charge in [-0.05, 0) is 23.9 Å². The molecule has 0 aliphatic heterocycles. The van der Waals surface area contributed by atoms with E-state index in [4.69, 9.17) is 0 Å². The van der Waals surface area contributed by atoms with Crippen molar-refractivity contribution in [3.05, 3.63) is 40.8 Å². The minimum atomic E-state index is 0.806. The van der Waals surface area contributed by atoms with E-state index in [1.807, 2.05) is 16.9 Å². The molecule has 2 heterocycles. The largest absolute Gasteiger partial charge is 0.356 e. The zero-order chi connectivity index (χ0) is 13.3. The lowest BCUT2D eigenvalue weighted by Gasteiger charge is -2.11. The van der Waals surface area contributed by atoms with Crippen LogP contribution < -0.4 is 10.6 Å². The first-order chi connectivity index (χ1) is 9.38. The van der Waals surface area contributed by atoms with Gasteiger partial charge >= 0.3 is 0 Å². The van der Waals surface area contributed by atoms with Crippen LogP contribution in [0.15, 0.2) is 41.0 Å². The monoisotopic (exact) mass is 277 g/mol. The first kappa shape index (κ1) is 13.6. The second kappa shape index (κ2) is 7.58. The highest BCUT2D eigenvalue weighted by Crippen LogP contribution is 2.07. The SMILES string of the molecule is CN=C(NCCc1cccs1)NCCn1cccn1. The summed E-state index contributed by atoms with van der Waals surface area (Å²) in [6.45, 7) is 2.53. The topological polar surface area (TPSA) is 54.2 Å². The number of aromatic nitrogens is 2.